The molecule has 0 N–H and O–H groups in total. The molecule has 0 radical (unpaired) electrons. The van der Waals surface area contributed by atoms with Crippen LogP contribution in [0.2, 0.25) is 5.02 Å². The third-order valence-corrected chi connectivity index (χ3v) is 8.82. The number of benzene rings is 7. The molecule has 0 spiro atoms. The fourth-order valence-electron chi connectivity index (χ4n) is 6.42. The van der Waals surface area contributed by atoms with Gasteiger partial charge in [0.15, 0.2) is 17.5 Å². The second-order valence-electron chi connectivity index (χ2n) is 11.4. The molecule has 2 heterocycles. The van der Waals surface area contributed by atoms with Crippen LogP contribution in [0, 0.1) is 0 Å². The van der Waals surface area contributed by atoms with Gasteiger partial charge in [0.25, 0.3) is 0 Å². The zero-order valence-electron chi connectivity index (χ0n) is 24.5. The summed E-state index contributed by atoms with van der Waals surface area (Å²) in [6, 6.07) is 49.7. The molecule has 9 rings (SSSR count). The quantitative estimate of drug-likeness (QED) is 0.186. The fraction of sp³-hybridized carbons (Fsp3) is 0. The van der Waals surface area contributed by atoms with Gasteiger partial charge in [-0.25, -0.2) is 15.0 Å². The second-order valence-corrected chi connectivity index (χ2v) is 11.8. The molecule has 7 aromatic carbocycles. The SMILES string of the molecule is Clc1ccc2c(c1)oc1cccc(-c3nc(-c4ccccc4)nc(-c4ccc(-c5cc6ccccc6c6ccccc56)cc4)n3)c12. The smallest absolute Gasteiger partial charge is 0.164 e. The van der Waals surface area contributed by atoms with E-state index in [9.17, 15) is 0 Å². The molecule has 0 amide bonds. The highest BCUT2D eigenvalue weighted by Crippen LogP contribution is 2.38. The van der Waals surface area contributed by atoms with Crippen molar-refractivity contribution >= 4 is 55.1 Å². The molecule has 2 aromatic heterocycles. The molecule has 9 aromatic rings. The van der Waals surface area contributed by atoms with Gasteiger partial charge in [-0.3, -0.25) is 0 Å². The molecular weight excluding hydrogens is 586 g/mol. The normalized spacial score (nSPS) is 11.6. The topological polar surface area (TPSA) is 51.8 Å². The summed E-state index contributed by atoms with van der Waals surface area (Å²) in [5.41, 5.74) is 6.51. The predicted molar refractivity (Wildman–Crippen MR) is 189 cm³/mol. The van der Waals surface area contributed by atoms with E-state index < -0.39 is 0 Å². The van der Waals surface area contributed by atoms with E-state index in [1.807, 2.05) is 66.7 Å². The maximum Gasteiger partial charge on any atom is 0.164 e. The van der Waals surface area contributed by atoms with Crippen molar-refractivity contribution in [2.45, 2.75) is 0 Å². The number of halogens is 1. The molecule has 216 valence electrons. The van der Waals surface area contributed by atoms with Gasteiger partial charge in [-0.05, 0) is 56.9 Å². The van der Waals surface area contributed by atoms with Crippen LogP contribution in [-0.4, -0.2) is 15.0 Å². The van der Waals surface area contributed by atoms with E-state index in [1.165, 1.54) is 27.1 Å². The van der Waals surface area contributed by atoms with Crippen molar-refractivity contribution in [2.75, 3.05) is 0 Å². The molecular formula is C41H24ClN3O. The lowest BCUT2D eigenvalue weighted by molar-refractivity contribution is 0.669. The van der Waals surface area contributed by atoms with E-state index in [0.717, 1.165) is 44.2 Å². The van der Waals surface area contributed by atoms with Crippen LogP contribution in [0.5, 0.6) is 0 Å². The van der Waals surface area contributed by atoms with E-state index in [2.05, 4.69) is 78.9 Å². The minimum atomic E-state index is 0.580. The molecule has 0 aliphatic carbocycles. The van der Waals surface area contributed by atoms with Crippen LogP contribution in [0.4, 0.5) is 0 Å². The Bertz CT molecular complexity index is 2590. The summed E-state index contributed by atoms with van der Waals surface area (Å²) in [6.07, 6.45) is 0. The predicted octanol–water partition coefficient (Wildman–Crippen LogP) is 11.4. The fourth-order valence-corrected chi connectivity index (χ4v) is 6.58. The Labute approximate surface area is 269 Å². The number of rotatable bonds is 4. The van der Waals surface area contributed by atoms with Crippen LogP contribution in [0.3, 0.4) is 0 Å². The van der Waals surface area contributed by atoms with Gasteiger partial charge in [-0.2, -0.15) is 0 Å². The number of hydrogen-bond donors (Lipinski definition) is 0. The molecule has 0 atom stereocenters. The summed E-state index contributed by atoms with van der Waals surface area (Å²) in [5.74, 6) is 1.79. The van der Waals surface area contributed by atoms with Crippen molar-refractivity contribution in [3.63, 3.8) is 0 Å². The zero-order chi connectivity index (χ0) is 30.6. The third kappa shape index (κ3) is 4.42. The van der Waals surface area contributed by atoms with E-state index in [4.69, 9.17) is 31.0 Å². The van der Waals surface area contributed by atoms with Crippen molar-refractivity contribution in [3.8, 4) is 45.3 Å². The summed E-state index contributed by atoms with van der Waals surface area (Å²) < 4.78 is 6.18. The maximum atomic E-state index is 6.29. The summed E-state index contributed by atoms with van der Waals surface area (Å²) in [6.45, 7) is 0. The van der Waals surface area contributed by atoms with Gasteiger partial charge in [0.1, 0.15) is 11.2 Å². The Hall–Kier alpha value is -5.84. The highest BCUT2D eigenvalue weighted by atomic mass is 35.5. The number of fused-ring (bicyclic) bond motifs is 6. The average molecular weight is 610 g/mol. The molecule has 0 fully saturated rings. The van der Waals surface area contributed by atoms with E-state index in [1.54, 1.807) is 0 Å². The first-order valence-corrected chi connectivity index (χ1v) is 15.5. The standard InChI is InChI=1S/C41H24ClN3O/c42-29-21-22-33-37(24-29)46-36-16-8-15-34(38(33)36)41-44-39(26-9-2-1-3-10-26)43-40(45-41)27-19-17-25(18-20-27)35-23-28-11-4-5-12-30(28)31-13-6-7-14-32(31)35/h1-24H. The van der Waals surface area contributed by atoms with E-state index >= 15 is 0 Å². The first-order valence-electron chi connectivity index (χ1n) is 15.1. The van der Waals surface area contributed by atoms with Crippen LogP contribution < -0.4 is 0 Å². The Morgan fingerprint density at radius 1 is 0.413 bits per heavy atom. The minimum Gasteiger partial charge on any atom is -0.456 e. The summed E-state index contributed by atoms with van der Waals surface area (Å²) >= 11 is 6.29. The molecule has 0 aliphatic rings. The second kappa shape index (κ2) is 10.7. The number of hydrogen-bond acceptors (Lipinski definition) is 4. The molecule has 0 bridgehead atoms. The first-order chi connectivity index (χ1) is 22.7. The first kappa shape index (κ1) is 26.6. The van der Waals surface area contributed by atoms with Crippen molar-refractivity contribution in [3.05, 3.63) is 151 Å². The van der Waals surface area contributed by atoms with Gasteiger partial charge >= 0.3 is 0 Å². The highest BCUT2D eigenvalue weighted by Gasteiger charge is 2.18. The third-order valence-electron chi connectivity index (χ3n) is 8.59. The molecule has 4 nitrogen and oxygen atoms in total. The molecule has 0 saturated heterocycles. The van der Waals surface area contributed by atoms with Crippen LogP contribution in [0.25, 0.3) is 88.8 Å². The number of furan rings is 1. The van der Waals surface area contributed by atoms with Gasteiger partial charge in [-0.15, -0.1) is 0 Å². The lowest BCUT2D eigenvalue weighted by Gasteiger charge is -2.12. The monoisotopic (exact) mass is 609 g/mol. The zero-order valence-corrected chi connectivity index (χ0v) is 25.2. The molecule has 0 unspecified atom stereocenters. The van der Waals surface area contributed by atoms with Crippen molar-refractivity contribution < 1.29 is 4.42 Å². The summed E-state index contributed by atoms with van der Waals surface area (Å²) in [4.78, 5) is 15.0. The number of aromatic nitrogens is 3. The Kier molecular flexibility index (Phi) is 6.15. The van der Waals surface area contributed by atoms with Gasteiger partial charge in [0, 0.05) is 38.6 Å². The molecule has 0 aliphatic heterocycles. The van der Waals surface area contributed by atoms with Crippen LogP contribution in [0.15, 0.2) is 150 Å². The van der Waals surface area contributed by atoms with Crippen molar-refractivity contribution in [2.24, 2.45) is 0 Å². The summed E-state index contributed by atoms with van der Waals surface area (Å²) in [7, 11) is 0. The maximum absolute atomic E-state index is 6.29. The Morgan fingerprint density at radius 3 is 1.87 bits per heavy atom. The Morgan fingerprint density at radius 2 is 1.07 bits per heavy atom. The summed E-state index contributed by atoms with van der Waals surface area (Å²) in [5, 5.41) is 7.49. The molecule has 46 heavy (non-hydrogen) atoms. The number of nitrogens with zero attached hydrogens (tertiary/aromatic N) is 3. The van der Waals surface area contributed by atoms with Gasteiger partial charge in [0.2, 0.25) is 0 Å². The van der Waals surface area contributed by atoms with Crippen molar-refractivity contribution in [1.29, 1.82) is 0 Å². The largest absolute Gasteiger partial charge is 0.456 e. The highest BCUT2D eigenvalue weighted by molar-refractivity contribution is 6.31. The van der Waals surface area contributed by atoms with Gasteiger partial charge in [-0.1, -0.05) is 127 Å². The Balaban J connectivity index is 1.21. The lowest BCUT2D eigenvalue weighted by Crippen LogP contribution is -2.00. The van der Waals surface area contributed by atoms with Crippen molar-refractivity contribution in [1.82, 2.24) is 15.0 Å². The molecule has 0 saturated carbocycles. The average Bonchev–Trinajstić information content (AvgIpc) is 3.49. The van der Waals surface area contributed by atoms with Crippen LogP contribution >= 0.6 is 11.6 Å². The van der Waals surface area contributed by atoms with Gasteiger partial charge in [0.05, 0.1) is 0 Å². The van der Waals surface area contributed by atoms with E-state index in [-0.39, 0.29) is 0 Å². The van der Waals surface area contributed by atoms with Crippen LogP contribution in [-0.2, 0) is 0 Å². The minimum absolute atomic E-state index is 0.580. The van der Waals surface area contributed by atoms with E-state index in [0.29, 0.717) is 22.5 Å². The lowest BCUT2D eigenvalue weighted by atomic mass is 9.93. The molecule has 5 heteroatoms. The van der Waals surface area contributed by atoms with Crippen LogP contribution in [0.1, 0.15) is 0 Å². The van der Waals surface area contributed by atoms with Gasteiger partial charge < -0.3 is 4.42 Å².